The number of hydrogen-bond acceptors (Lipinski definition) is 3. The van der Waals surface area contributed by atoms with Gasteiger partial charge in [-0.1, -0.05) is 31.5 Å². The number of unbranched alkanes of at least 4 members (excludes halogenated alkanes) is 1. The Morgan fingerprint density at radius 1 is 0.853 bits per heavy atom. The van der Waals surface area contributed by atoms with Crippen LogP contribution < -0.4 is 10.2 Å². The quantitative estimate of drug-likeness (QED) is 0.327. The normalized spacial score (nSPS) is 12.4. The molecule has 0 spiro atoms. The number of nitrogens with zero attached hydrogens (tertiary/aromatic N) is 2. The van der Waals surface area contributed by atoms with Crippen molar-refractivity contribution in [3.63, 3.8) is 0 Å². The van der Waals surface area contributed by atoms with Crippen molar-refractivity contribution in [2.45, 2.75) is 52.1 Å². The van der Waals surface area contributed by atoms with E-state index < -0.39 is 23.5 Å². The summed E-state index contributed by atoms with van der Waals surface area (Å²) in [6.45, 7) is 5.72. The standard InChI is InChI=1S/C25H27F6N3/c1-3-5-10-34(4-2)23-19(13-18-8-6-7-9-22(18)33-23)16-32-15-17-11-20(24(26,27)28)14-21(12-17)25(29,30)31/h6-9,11-14,32H,3-5,10,15-16H2,1-2H3. The topological polar surface area (TPSA) is 28.2 Å². The fraction of sp³-hybridized carbons (Fsp3) is 0.400. The second-order valence-electron chi connectivity index (χ2n) is 8.11. The van der Waals surface area contributed by atoms with E-state index in [-0.39, 0.29) is 24.7 Å². The van der Waals surface area contributed by atoms with E-state index in [9.17, 15) is 26.3 Å². The Kier molecular flexibility index (Phi) is 8.07. The first-order chi connectivity index (χ1) is 16.0. The van der Waals surface area contributed by atoms with Crippen molar-refractivity contribution in [1.29, 1.82) is 0 Å². The van der Waals surface area contributed by atoms with Gasteiger partial charge in [-0.25, -0.2) is 4.98 Å². The Balaban J connectivity index is 1.88. The van der Waals surface area contributed by atoms with Crippen LogP contribution in [0.5, 0.6) is 0 Å². The zero-order valence-electron chi connectivity index (χ0n) is 19.0. The fourth-order valence-corrected chi connectivity index (χ4v) is 3.78. The molecule has 9 heteroatoms. The maximum Gasteiger partial charge on any atom is 0.416 e. The van der Waals surface area contributed by atoms with Gasteiger partial charge in [-0.15, -0.1) is 0 Å². The molecule has 0 bridgehead atoms. The van der Waals surface area contributed by atoms with E-state index in [4.69, 9.17) is 4.98 Å². The predicted octanol–water partition coefficient (Wildman–Crippen LogP) is 7.19. The van der Waals surface area contributed by atoms with Crippen LogP contribution >= 0.6 is 0 Å². The first kappa shape index (κ1) is 25.8. The summed E-state index contributed by atoms with van der Waals surface area (Å²) < 4.78 is 78.9. The number of para-hydroxylation sites is 1. The molecule has 1 aromatic heterocycles. The average Bonchev–Trinajstić information content (AvgIpc) is 2.78. The van der Waals surface area contributed by atoms with Crippen LogP contribution in [0.3, 0.4) is 0 Å². The van der Waals surface area contributed by atoms with Gasteiger partial charge in [-0.3, -0.25) is 0 Å². The lowest BCUT2D eigenvalue weighted by molar-refractivity contribution is -0.143. The molecule has 0 aliphatic heterocycles. The third-order valence-corrected chi connectivity index (χ3v) is 5.53. The zero-order chi connectivity index (χ0) is 24.9. The van der Waals surface area contributed by atoms with Gasteiger partial charge < -0.3 is 10.2 Å². The lowest BCUT2D eigenvalue weighted by Gasteiger charge is -2.25. The molecule has 1 N–H and O–H groups in total. The highest BCUT2D eigenvalue weighted by molar-refractivity contribution is 5.81. The van der Waals surface area contributed by atoms with E-state index in [0.717, 1.165) is 60.3 Å². The van der Waals surface area contributed by atoms with Gasteiger partial charge in [0.25, 0.3) is 0 Å². The molecule has 0 saturated heterocycles. The highest BCUT2D eigenvalue weighted by Gasteiger charge is 2.36. The highest BCUT2D eigenvalue weighted by Crippen LogP contribution is 2.36. The van der Waals surface area contributed by atoms with Crippen molar-refractivity contribution in [3.05, 3.63) is 70.8 Å². The summed E-state index contributed by atoms with van der Waals surface area (Å²) in [7, 11) is 0. The Labute approximate surface area is 194 Å². The molecular formula is C25H27F6N3. The molecular weight excluding hydrogens is 456 g/mol. The van der Waals surface area contributed by atoms with Gasteiger partial charge in [-0.2, -0.15) is 26.3 Å². The van der Waals surface area contributed by atoms with Crippen LogP contribution in [-0.2, 0) is 25.4 Å². The van der Waals surface area contributed by atoms with Crippen LogP contribution in [0, 0.1) is 0 Å². The van der Waals surface area contributed by atoms with E-state index in [1.807, 2.05) is 37.3 Å². The van der Waals surface area contributed by atoms with Crippen molar-refractivity contribution in [2.24, 2.45) is 0 Å². The first-order valence-corrected chi connectivity index (χ1v) is 11.2. The minimum absolute atomic E-state index is 0.0872. The lowest BCUT2D eigenvalue weighted by Crippen LogP contribution is -2.27. The Hall–Kier alpha value is -2.81. The summed E-state index contributed by atoms with van der Waals surface area (Å²) in [4.78, 5) is 6.94. The molecule has 184 valence electrons. The number of halogens is 6. The summed E-state index contributed by atoms with van der Waals surface area (Å²) in [5.41, 5.74) is -1.06. The molecule has 0 fully saturated rings. The number of pyridine rings is 1. The second-order valence-corrected chi connectivity index (χ2v) is 8.11. The summed E-state index contributed by atoms with van der Waals surface area (Å²) in [5.74, 6) is 0.766. The van der Waals surface area contributed by atoms with E-state index in [2.05, 4.69) is 17.1 Å². The van der Waals surface area contributed by atoms with Crippen molar-refractivity contribution >= 4 is 16.7 Å². The van der Waals surface area contributed by atoms with E-state index in [1.165, 1.54) is 0 Å². The summed E-state index contributed by atoms with van der Waals surface area (Å²) in [5, 5.41) is 3.92. The number of hydrogen-bond donors (Lipinski definition) is 1. The molecule has 0 atom stereocenters. The van der Waals surface area contributed by atoms with E-state index in [1.54, 1.807) is 0 Å². The number of aromatic nitrogens is 1. The number of fused-ring (bicyclic) bond motifs is 1. The molecule has 3 nitrogen and oxygen atoms in total. The number of alkyl halides is 6. The third-order valence-electron chi connectivity index (χ3n) is 5.53. The van der Waals surface area contributed by atoms with Gasteiger partial charge in [-0.05, 0) is 49.2 Å². The van der Waals surface area contributed by atoms with Gasteiger partial charge in [0, 0.05) is 37.1 Å². The summed E-state index contributed by atoms with van der Waals surface area (Å²) in [6.07, 6.45) is -7.76. The van der Waals surface area contributed by atoms with Crippen LogP contribution in [0.4, 0.5) is 32.2 Å². The van der Waals surface area contributed by atoms with Crippen molar-refractivity contribution in [1.82, 2.24) is 10.3 Å². The molecule has 34 heavy (non-hydrogen) atoms. The fourth-order valence-electron chi connectivity index (χ4n) is 3.78. The van der Waals surface area contributed by atoms with Crippen molar-refractivity contribution < 1.29 is 26.3 Å². The molecule has 0 radical (unpaired) electrons. The SMILES string of the molecule is CCCCN(CC)c1nc2ccccc2cc1CNCc1cc(C(F)(F)F)cc(C(F)(F)F)c1. The monoisotopic (exact) mass is 483 g/mol. The maximum atomic E-state index is 13.2. The van der Waals surface area contributed by atoms with Crippen LogP contribution in [0.2, 0.25) is 0 Å². The van der Waals surface area contributed by atoms with Crippen molar-refractivity contribution in [2.75, 3.05) is 18.0 Å². The number of nitrogens with one attached hydrogen (secondary N) is 1. The second kappa shape index (κ2) is 10.6. The van der Waals surface area contributed by atoms with Crippen molar-refractivity contribution in [3.8, 4) is 0 Å². The van der Waals surface area contributed by atoms with Gasteiger partial charge in [0.15, 0.2) is 0 Å². The van der Waals surface area contributed by atoms with Crippen LogP contribution in [0.25, 0.3) is 10.9 Å². The molecule has 3 rings (SSSR count). The van der Waals surface area contributed by atoms with E-state index >= 15 is 0 Å². The van der Waals surface area contributed by atoms with Gasteiger partial charge in [0.05, 0.1) is 16.6 Å². The zero-order valence-corrected chi connectivity index (χ0v) is 19.0. The molecule has 1 heterocycles. The highest BCUT2D eigenvalue weighted by atomic mass is 19.4. The minimum atomic E-state index is -4.87. The number of anilines is 1. The third kappa shape index (κ3) is 6.40. The predicted molar refractivity (Wildman–Crippen MR) is 122 cm³/mol. The first-order valence-electron chi connectivity index (χ1n) is 11.2. The molecule has 0 aliphatic rings. The van der Waals surface area contributed by atoms with Crippen LogP contribution in [0.15, 0.2) is 48.5 Å². The Bertz CT molecular complexity index is 1080. The van der Waals surface area contributed by atoms with Crippen LogP contribution in [-0.4, -0.2) is 18.1 Å². The average molecular weight is 484 g/mol. The summed E-state index contributed by atoms with van der Waals surface area (Å²) in [6, 6.07) is 11.2. The maximum absolute atomic E-state index is 13.2. The molecule has 2 aromatic carbocycles. The molecule has 3 aromatic rings. The Morgan fingerprint density at radius 2 is 1.50 bits per heavy atom. The lowest BCUT2D eigenvalue weighted by atomic mass is 10.0. The molecule has 0 aliphatic carbocycles. The number of benzene rings is 2. The van der Waals surface area contributed by atoms with Gasteiger partial charge >= 0.3 is 12.4 Å². The summed E-state index contributed by atoms with van der Waals surface area (Å²) >= 11 is 0. The molecule has 0 unspecified atom stereocenters. The molecule has 0 amide bonds. The minimum Gasteiger partial charge on any atom is -0.357 e. The van der Waals surface area contributed by atoms with Gasteiger partial charge in [0.1, 0.15) is 5.82 Å². The number of rotatable bonds is 9. The smallest absolute Gasteiger partial charge is 0.357 e. The van der Waals surface area contributed by atoms with Gasteiger partial charge in [0.2, 0.25) is 0 Å². The largest absolute Gasteiger partial charge is 0.416 e. The Morgan fingerprint density at radius 3 is 2.09 bits per heavy atom. The van der Waals surface area contributed by atoms with Crippen LogP contribution in [0.1, 0.15) is 48.9 Å². The molecule has 0 saturated carbocycles. The van der Waals surface area contributed by atoms with E-state index in [0.29, 0.717) is 0 Å².